The van der Waals surface area contributed by atoms with Gasteiger partial charge < -0.3 is 18.9 Å². The van der Waals surface area contributed by atoms with Gasteiger partial charge in [-0.3, -0.25) is 0 Å². The van der Waals surface area contributed by atoms with E-state index in [1.165, 1.54) is 31.4 Å². The summed E-state index contributed by atoms with van der Waals surface area (Å²) in [4.78, 5) is 0. The maximum atomic E-state index is 12.9. The summed E-state index contributed by atoms with van der Waals surface area (Å²) >= 11 is 0. The lowest BCUT2D eigenvalue weighted by molar-refractivity contribution is -0.281. The zero-order chi connectivity index (χ0) is 17.5. The highest BCUT2D eigenvalue weighted by Gasteiger charge is 2.33. The summed E-state index contributed by atoms with van der Waals surface area (Å²) in [6, 6.07) is 6.58. The van der Waals surface area contributed by atoms with E-state index in [-0.39, 0.29) is 24.3 Å². The molecule has 0 aromatic heterocycles. The monoisotopic (exact) mass is 352 g/mol. The van der Waals surface area contributed by atoms with Crippen molar-refractivity contribution in [1.29, 1.82) is 0 Å². The molecule has 0 radical (unpaired) electrons. The molecular weight excluding hydrogens is 323 g/mol. The lowest BCUT2D eigenvalue weighted by Crippen LogP contribution is -2.44. The molecule has 0 unspecified atom stereocenters. The molecule has 2 heterocycles. The van der Waals surface area contributed by atoms with E-state index in [2.05, 4.69) is 6.92 Å². The van der Waals surface area contributed by atoms with Gasteiger partial charge in [0.1, 0.15) is 5.82 Å². The van der Waals surface area contributed by atoms with Crippen molar-refractivity contribution in [1.82, 2.24) is 0 Å². The van der Waals surface area contributed by atoms with Crippen molar-refractivity contribution in [3.63, 3.8) is 0 Å². The van der Waals surface area contributed by atoms with Crippen molar-refractivity contribution in [2.75, 3.05) is 26.4 Å². The summed E-state index contributed by atoms with van der Waals surface area (Å²) in [5, 5.41) is 0. The third kappa shape index (κ3) is 5.74. The molecule has 140 valence electrons. The first kappa shape index (κ1) is 18.8. The summed E-state index contributed by atoms with van der Waals surface area (Å²) in [6.45, 7) is 4.94. The highest BCUT2D eigenvalue weighted by atomic mass is 19.1. The molecule has 2 aliphatic heterocycles. The first-order chi connectivity index (χ1) is 12.2. The van der Waals surface area contributed by atoms with Crippen LogP contribution in [0.1, 0.15) is 38.2 Å². The number of hydrogen-bond donors (Lipinski definition) is 0. The van der Waals surface area contributed by atoms with Gasteiger partial charge in [-0.25, -0.2) is 4.39 Å². The summed E-state index contributed by atoms with van der Waals surface area (Å²) in [5.74, 6) is 0.445. The Hall–Kier alpha value is -1.01. The van der Waals surface area contributed by atoms with Crippen molar-refractivity contribution < 1.29 is 23.3 Å². The van der Waals surface area contributed by atoms with Crippen molar-refractivity contribution in [3.05, 3.63) is 35.6 Å². The fraction of sp³-hybridized carbons (Fsp3) is 0.700. The molecule has 0 spiro atoms. The molecule has 2 aliphatic rings. The summed E-state index contributed by atoms with van der Waals surface area (Å²) in [6.07, 6.45) is 4.77. The smallest absolute Gasteiger partial charge is 0.164 e. The van der Waals surface area contributed by atoms with Gasteiger partial charge in [0.2, 0.25) is 0 Å². The SMILES string of the molecule is CCCCC1COC(C2COC(CCc3ccc(F)cc3)OC2)OC1. The molecule has 4 nitrogen and oxygen atoms in total. The van der Waals surface area contributed by atoms with E-state index in [1.807, 2.05) is 0 Å². The normalized spacial score (nSPS) is 30.3. The topological polar surface area (TPSA) is 36.9 Å². The van der Waals surface area contributed by atoms with Crippen LogP contribution in [0, 0.1) is 17.7 Å². The number of hydrogen-bond acceptors (Lipinski definition) is 4. The van der Waals surface area contributed by atoms with E-state index in [0.29, 0.717) is 19.1 Å². The standard InChI is InChI=1S/C20H29FO4/c1-2-3-4-16-11-24-20(25-12-16)17-13-22-19(23-14-17)10-7-15-5-8-18(21)9-6-15/h5-6,8-9,16-17,19-20H,2-4,7,10-14H2,1H3. The molecule has 25 heavy (non-hydrogen) atoms. The molecule has 0 N–H and O–H groups in total. The van der Waals surface area contributed by atoms with E-state index < -0.39 is 0 Å². The lowest BCUT2D eigenvalue weighted by atomic mass is 10.0. The first-order valence-electron chi connectivity index (χ1n) is 9.45. The Labute approximate surface area is 149 Å². The van der Waals surface area contributed by atoms with Gasteiger partial charge in [-0.05, 0) is 30.5 Å². The molecule has 0 saturated carbocycles. The molecule has 0 aliphatic carbocycles. The van der Waals surface area contributed by atoms with E-state index in [1.54, 1.807) is 12.1 Å². The number of halogens is 1. The predicted molar refractivity (Wildman–Crippen MR) is 92.6 cm³/mol. The third-order valence-corrected chi connectivity index (χ3v) is 4.92. The zero-order valence-corrected chi connectivity index (χ0v) is 15.0. The van der Waals surface area contributed by atoms with Gasteiger partial charge in [0, 0.05) is 12.3 Å². The van der Waals surface area contributed by atoms with Gasteiger partial charge in [-0.15, -0.1) is 0 Å². The van der Waals surface area contributed by atoms with Crippen LogP contribution in [0.25, 0.3) is 0 Å². The maximum absolute atomic E-state index is 12.9. The summed E-state index contributed by atoms with van der Waals surface area (Å²) in [7, 11) is 0. The minimum Gasteiger partial charge on any atom is -0.352 e. The van der Waals surface area contributed by atoms with E-state index in [4.69, 9.17) is 18.9 Å². The second kappa shape index (κ2) is 9.62. The third-order valence-electron chi connectivity index (χ3n) is 4.92. The Bertz CT molecular complexity index is 491. The summed E-state index contributed by atoms with van der Waals surface area (Å²) < 4.78 is 36.3. The molecule has 2 saturated heterocycles. The van der Waals surface area contributed by atoms with E-state index in [9.17, 15) is 4.39 Å². The average Bonchev–Trinajstić information content (AvgIpc) is 2.67. The van der Waals surface area contributed by atoms with Crippen LogP contribution in [0.15, 0.2) is 24.3 Å². The first-order valence-corrected chi connectivity index (χ1v) is 9.45. The second-order valence-corrected chi connectivity index (χ2v) is 7.06. The Kier molecular flexibility index (Phi) is 7.23. The van der Waals surface area contributed by atoms with E-state index in [0.717, 1.165) is 31.6 Å². The van der Waals surface area contributed by atoms with E-state index >= 15 is 0 Å². The number of aryl methyl sites for hydroxylation is 1. The van der Waals surface area contributed by atoms with Crippen LogP contribution in [0.3, 0.4) is 0 Å². The quantitative estimate of drug-likeness (QED) is 0.745. The van der Waals surface area contributed by atoms with Gasteiger partial charge in [0.25, 0.3) is 0 Å². The van der Waals surface area contributed by atoms with Crippen LogP contribution in [-0.2, 0) is 25.4 Å². The van der Waals surface area contributed by atoms with Gasteiger partial charge in [0.15, 0.2) is 12.6 Å². The number of rotatable bonds is 7. The minimum atomic E-state index is -0.212. The van der Waals surface area contributed by atoms with Crippen molar-refractivity contribution in [2.45, 2.75) is 51.6 Å². The molecule has 1 aromatic rings. The second-order valence-electron chi connectivity index (χ2n) is 7.06. The Morgan fingerprint density at radius 1 is 0.920 bits per heavy atom. The molecule has 2 fully saturated rings. The Morgan fingerprint density at radius 3 is 2.24 bits per heavy atom. The summed E-state index contributed by atoms with van der Waals surface area (Å²) in [5.41, 5.74) is 1.09. The van der Waals surface area contributed by atoms with Crippen molar-refractivity contribution in [2.24, 2.45) is 11.8 Å². The molecule has 0 bridgehead atoms. The fourth-order valence-corrected chi connectivity index (χ4v) is 3.31. The number of unbranched alkanes of at least 4 members (excludes halogenated alkanes) is 1. The molecule has 3 rings (SSSR count). The Morgan fingerprint density at radius 2 is 1.60 bits per heavy atom. The number of ether oxygens (including phenoxy) is 4. The van der Waals surface area contributed by atoms with Crippen molar-refractivity contribution >= 4 is 0 Å². The molecule has 5 heteroatoms. The van der Waals surface area contributed by atoms with Crippen LogP contribution in [-0.4, -0.2) is 39.0 Å². The minimum absolute atomic E-state index is 0.134. The lowest BCUT2D eigenvalue weighted by Gasteiger charge is -2.37. The van der Waals surface area contributed by atoms with Gasteiger partial charge in [0.05, 0.1) is 32.3 Å². The van der Waals surface area contributed by atoms with Gasteiger partial charge >= 0.3 is 0 Å². The van der Waals surface area contributed by atoms with Crippen LogP contribution < -0.4 is 0 Å². The zero-order valence-electron chi connectivity index (χ0n) is 15.0. The van der Waals surface area contributed by atoms with Crippen LogP contribution >= 0.6 is 0 Å². The molecular formula is C20H29FO4. The van der Waals surface area contributed by atoms with Gasteiger partial charge in [-0.1, -0.05) is 31.9 Å². The molecule has 0 amide bonds. The average molecular weight is 352 g/mol. The molecule has 0 atom stereocenters. The van der Waals surface area contributed by atoms with Crippen LogP contribution in [0.5, 0.6) is 0 Å². The van der Waals surface area contributed by atoms with Crippen LogP contribution in [0.4, 0.5) is 4.39 Å². The number of benzene rings is 1. The Balaban J connectivity index is 1.34. The molecule has 1 aromatic carbocycles. The van der Waals surface area contributed by atoms with Gasteiger partial charge in [-0.2, -0.15) is 0 Å². The maximum Gasteiger partial charge on any atom is 0.164 e. The highest BCUT2D eigenvalue weighted by molar-refractivity contribution is 5.16. The highest BCUT2D eigenvalue weighted by Crippen LogP contribution is 2.25. The fourth-order valence-electron chi connectivity index (χ4n) is 3.31. The predicted octanol–water partition coefficient (Wildman–Crippen LogP) is 3.93. The largest absolute Gasteiger partial charge is 0.352 e. The van der Waals surface area contributed by atoms with Crippen LogP contribution in [0.2, 0.25) is 0 Å². The van der Waals surface area contributed by atoms with Crippen molar-refractivity contribution in [3.8, 4) is 0 Å².